The maximum atomic E-state index is 11.0. The number of rotatable bonds is 4. The molecule has 8 heteroatoms. The van der Waals surface area contributed by atoms with Gasteiger partial charge in [0.25, 0.3) is 0 Å². The van der Waals surface area contributed by atoms with Crippen LogP contribution in [-0.4, -0.2) is 31.2 Å². The number of hydrogen-bond acceptors (Lipinski definition) is 6. The highest BCUT2D eigenvalue weighted by Crippen LogP contribution is 2.24. The first kappa shape index (κ1) is 29.8. The third kappa shape index (κ3) is 8.60. The minimum Gasteiger partial charge on any atom is -0.744 e. The Morgan fingerprint density at radius 3 is 1.53 bits per heavy atom. The average molecular weight is 625 g/mol. The summed E-state index contributed by atoms with van der Waals surface area (Å²) in [7, 11) is -3.60. The van der Waals surface area contributed by atoms with Crippen LogP contribution in [-0.2, 0) is 25.7 Å². The van der Waals surface area contributed by atoms with Crippen molar-refractivity contribution in [3.63, 3.8) is 0 Å². The molecule has 0 saturated heterocycles. The third-order valence-electron chi connectivity index (χ3n) is 5.29. The monoisotopic (exact) mass is 624 g/mol. The van der Waals surface area contributed by atoms with E-state index < -0.39 is 26.7 Å². The van der Waals surface area contributed by atoms with E-state index in [1.165, 1.54) is 18.3 Å². The van der Waals surface area contributed by atoms with E-state index in [2.05, 4.69) is 94.8 Å². The van der Waals surface area contributed by atoms with Crippen LogP contribution < -0.4 is 21.2 Å². The van der Waals surface area contributed by atoms with Crippen LogP contribution in [0.25, 0.3) is 0 Å². The molecule has 0 aromatic heterocycles. The van der Waals surface area contributed by atoms with Gasteiger partial charge in [-0.15, -0.1) is 0 Å². The maximum absolute atomic E-state index is 11.0. The molecule has 36 heavy (non-hydrogen) atoms. The molecule has 0 aliphatic carbocycles. The van der Waals surface area contributed by atoms with Crippen LogP contribution in [0.15, 0.2) is 71.6 Å². The number of methoxy groups -OCH3 is 1. The molecule has 0 amide bonds. The summed E-state index contributed by atoms with van der Waals surface area (Å²) in [5, 5.41) is 9.18. The van der Waals surface area contributed by atoms with Gasteiger partial charge >= 0.3 is 27.2 Å². The number of halogens is 1. The van der Waals surface area contributed by atoms with Gasteiger partial charge in [-0.25, -0.2) is 13.2 Å². The summed E-state index contributed by atoms with van der Waals surface area (Å²) in [5.74, 6) is -1.51. The van der Waals surface area contributed by atoms with Crippen LogP contribution in [0, 0.1) is 7.14 Å². The zero-order valence-corrected chi connectivity index (χ0v) is 24.6. The Morgan fingerprint density at radius 2 is 1.22 bits per heavy atom. The number of ether oxygens (including phenoxy) is 1. The van der Waals surface area contributed by atoms with Gasteiger partial charge in [-0.2, -0.15) is 0 Å². The van der Waals surface area contributed by atoms with Crippen LogP contribution in [0.2, 0.25) is 0 Å². The van der Waals surface area contributed by atoms with Gasteiger partial charge in [-0.3, -0.25) is 0 Å². The smallest absolute Gasteiger partial charge is 0.357 e. The quantitative estimate of drug-likeness (QED) is 0.272. The number of phenolic OH excluding ortho intramolecular Hbond substituents is 1. The zero-order valence-electron chi connectivity index (χ0n) is 21.6. The number of carbonyl (C=O) groups excluding carboxylic acids is 1. The molecular formula is C28H33IO6S. The fraction of sp³-hybridized carbons (Fsp3) is 0.321. The second-order valence-corrected chi connectivity index (χ2v) is 14.6. The first-order valence-electron chi connectivity index (χ1n) is 11.3. The fourth-order valence-corrected chi connectivity index (χ4v) is 5.83. The van der Waals surface area contributed by atoms with Crippen molar-refractivity contribution in [1.82, 2.24) is 0 Å². The van der Waals surface area contributed by atoms with E-state index in [4.69, 9.17) is 0 Å². The summed E-state index contributed by atoms with van der Waals surface area (Å²) in [5.41, 5.74) is 3.27. The molecule has 0 aliphatic heterocycles. The van der Waals surface area contributed by atoms with E-state index in [1.807, 2.05) is 0 Å². The molecule has 0 aliphatic rings. The topological polar surface area (TPSA) is 104 Å². The largest absolute Gasteiger partial charge is 0.744 e. The first-order valence-corrected chi connectivity index (χ1v) is 14.8. The number of carbonyl (C=O) groups is 1. The number of hydrogen-bond donors (Lipinski definition) is 1. The Kier molecular flexibility index (Phi) is 9.72. The maximum Gasteiger partial charge on any atom is 0.357 e. The molecule has 0 radical (unpaired) electrons. The Morgan fingerprint density at radius 1 is 0.806 bits per heavy atom. The molecule has 0 heterocycles. The average Bonchev–Trinajstić information content (AvgIpc) is 2.77. The van der Waals surface area contributed by atoms with Gasteiger partial charge < -0.3 is 14.4 Å². The highest BCUT2D eigenvalue weighted by atomic mass is 127. The Labute approximate surface area is 224 Å². The lowest BCUT2D eigenvalue weighted by molar-refractivity contribution is -0.597. The van der Waals surface area contributed by atoms with Gasteiger partial charge in [0.15, 0.2) is 7.14 Å². The minimum absolute atomic E-state index is 0.0394. The molecule has 3 aromatic carbocycles. The molecule has 0 bridgehead atoms. The van der Waals surface area contributed by atoms with Crippen molar-refractivity contribution >= 4 is 16.1 Å². The Bertz CT molecular complexity index is 1230. The number of esters is 1. The molecule has 0 unspecified atom stereocenters. The molecule has 1 N–H and O–H groups in total. The van der Waals surface area contributed by atoms with E-state index >= 15 is 0 Å². The predicted molar refractivity (Wildman–Crippen MR) is 135 cm³/mol. The summed E-state index contributed by atoms with van der Waals surface area (Å²) in [6.07, 6.45) is 0. The second-order valence-electron chi connectivity index (χ2n) is 10.2. The lowest BCUT2D eigenvalue weighted by Crippen LogP contribution is -3.61. The van der Waals surface area contributed by atoms with Gasteiger partial charge in [0.2, 0.25) is 0 Å². The predicted octanol–water partition coefficient (Wildman–Crippen LogP) is 2.49. The molecule has 0 spiro atoms. The van der Waals surface area contributed by atoms with Crippen molar-refractivity contribution in [3.8, 4) is 5.75 Å². The van der Waals surface area contributed by atoms with E-state index in [-0.39, 0.29) is 37.6 Å². The molecule has 0 saturated carbocycles. The molecular weight excluding hydrogens is 591 g/mol. The summed E-state index contributed by atoms with van der Waals surface area (Å²) in [6, 6.07) is 21.2. The summed E-state index contributed by atoms with van der Waals surface area (Å²) in [6.45, 7) is 13.6. The van der Waals surface area contributed by atoms with Crippen molar-refractivity contribution in [2.24, 2.45) is 0 Å². The van der Waals surface area contributed by atoms with Gasteiger partial charge in [0, 0.05) is 0 Å². The van der Waals surface area contributed by atoms with Gasteiger partial charge in [-0.05, 0) is 64.4 Å². The van der Waals surface area contributed by atoms with Crippen molar-refractivity contribution in [2.75, 3.05) is 7.11 Å². The fourth-order valence-electron chi connectivity index (χ4n) is 3.13. The standard InChI is InChI=1S/C20H26I.C8H8O6S/c1-19(2,3)15-7-11-17(12-8-15)21-18-13-9-16(10-14-18)20(4,5)6;1-14-8(10)5-2-3-7(6(9)4-5)15(11,12)13/h7-14H,1-6H3;2-4,9H,1H3,(H,11,12,13)/q+1;/p-1. The van der Waals surface area contributed by atoms with E-state index in [0.29, 0.717) is 0 Å². The normalized spacial score (nSPS) is 11.9. The van der Waals surface area contributed by atoms with Crippen molar-refractivity contribution in [2.45, 2.75) is 57.3 Å². The van der Waals surface area contributed by atoms with Gasteiger partial charge in [-0.1, -0.05) is 65.8 Å². The molecule has 0 atom stereocenters. The number of benzene rings is 3. The van der Waals surface area contributed by atoms with E-state index in [9.17, 15) is 22.9 Å². The highest BCUT2D eigenvalue weighted by Gasteiger charge is 2.20. The minimum atomic E-state index is -4.73. The Hall–Kier alpha value is -2.43. The summed E-state index contributed by atoms with van der Waals surface area (Å²) >= 11 is -0.0703. The van der Waals surface area contributed by atoms with Gasteiger partial charge in [0.05, 0.1) is 17.6 Å². The molecule has 194 valence electrons. The van der Waals surface area contributed by atoms with Crippen LogP contribution in [0.4, 0.5) is 0 Å². The van der Waals surface area contributed by atoms with Crippen molar-refractivity contribution < 1.29 is 48.8 Å². The SMILES string of the molecule is CC(C)(C)c1ccc([I+]c2ccc(C(C)(C)C)cc2)cc1.COC(=O)c1ccc(S(=O)(=O)[O-])c(O)c1. The second kappa shape index (κ2) is 11.7. The van der Waals surface area contributed by atoms with Gasteiger partial charge in [0.1, 0.15) is 15.9 Å². The molecule has 3 aromatic rings. The van der Waals surface area contributed by atoms with Crippen molar-refractivity contribution in [3.05, 3.63) is 90.6 Å². The third-order valence-corrected chi connectivity index (χ3v) is 8.86. The van der Waals surface area contributed by atoms with Crippen LogP contribution in [0.3, 0.4) is 0 Å². The van der Waals surface area contributed by atoms with E-state index in [0.717, 1.165) is 25.3 Å². The number of phenols is 1. The molecule has 3 rings (SSSR count). The highest BCUT2D eigenvalue weighted by molar-refractivity contribution is 7.85. The van der Waals surface area contributed by atoms with Crippen LogP contribution >= 0.6 is 0 Å². The van der Waals surface area contributed by atoms with E-state index in [1.54, 1.807) is 0 Å². The molecule has 6 nitrogen and oxygen atoms in total. The van der Waals surface area contributed by atoms with Crippen molar-refractivity contribution in [1.29, 1.82) is 0 Å². The Balaban J connectivity index is 0.000000269. The lowest BCUT2D eigenvalue weighted by Gasteiger charge is -2.18. The molecule has 0 fully saturated rings. The summed E-state index contributed by atoms with van der Waals surface area (Å²) < 4.78 is 39.0. The van der Waals surface area contributed by atoms with Crippen LogP contribution in [0.1, 0.15) is 63.0 Å². The zero-order chi connectivity index (χ0) is 27.3. The number of aromatic hydroxyl groups is 1. The lowest BCUT2D eigenvalue weighted by atomic mass is 9.87. The first-order chi connectivity index (χ1) is 16.5. The summed E-state index contributed by atoms with van der Waals surface area (Å²) in [4.78, 5) is 10.2. The van der Waals surface area contributed by atoms with Crippen LogP contribution in [0.5, 0.6) is 5.75 Å².